The van der Waals surface area contributed by atoms with E-state index in [4.69, 9.17) is 4.74 Å². The Morgan fingerprint density at radius 3 is 1.58 bits per heavy atom. The van der Waals surface area contributed by atoms with Gasteiger partial charge in [-0.3, -0.25) is 28.9 Å². The van der Waals surface area contributed by atoms with E-state index in [2.05, 4.69) is 10.6 Å². The number of nitrogens with zero attached hydrogens (tertiary/aromatic N) is 1. The fourth-order valence-electron chi connectivity index (χ4n) is 5.59. The Kier molecular flexibility index (Phi) is 10.4. The summed E-state index contributed by atoms with van der Waals surface area (Å²) < 4.78 is 4.55. The number of benzene rings is 4. The molecule has 48 heavy (non-hydrogen) atoms. The number of ether oxygens (including phenoxy) is 1. The molecule has 0 saturated heterocycles. The van der Waals surface area contributed by atoms with Crippen molar-refractivity contribution in [3.05, 3.63) is 143 Å². The van der Waals surface area contributed by atoms with Gasteiger partial charge in [-0.05, 0) is 49.6 Å². The topological polar surface area (TPSA) is 122 Å². The van der Waals surface area contributed by atoms with Crippen LogP contribution >= 0.6 is 11.8 Å². The molecule has 0 fully saturated rings. The molecule has 9 nitrogen and oxygen atoms in total. The fraction of sp³-hybridized carbons (Fsp3) is 0.237. The summed E-state index contributed by atoms with van der Waals surface area (Å²) in [5.74, 6) is -3.05. The number of imide groups is 1. The third kappa shape index (κ3) is 7.66. The van der Waals surface area contributed by atoms with Gasteiger partial charge in [0.05, 0.1) is 15.9 Å². The van der Waals surface area contributed by atoms with Gasteiger partial charge in [0.2, 0.25) is 11.8 Å². The van der Waals surface area contributed by atoms with Crippen LogP contribution in [-0.4, -0.2) is 65.0 Å². The Hall–Kier alpha value is -5.22. The maximum absolute atomic E-state index is 13.7. The predicted molar refractivity (Wildman–Crippen MR) is 184 cm³/mol. The highest BCUT2D eigenvalue weighted by Crippen LogP contribution is 2.48. The first-order valence-electron chi connectivity index (χ1n) is 15.5. The van der Waals surface area contributed by atoms with Gasteiger partial charge in [0, 0.05) is 5.75 Å². The van der Waals surface area contributed by atoms with Gasteiger partial charge in [0.1, 0.15) is 24.7 Å². The summed E-state index contributed by atoms with van der Waals surface area (Å²) in [6.45, 7) is 4.19. The molecular weight excluding hydrogens is 627 g/mol. The fourth-order valence-corrected chi connectivity index (χ4v) is 7.15. The molecule has 0 aromatic heterocycles. The number of carbonyl (C=O) groups excluding carboxylic acids is 5. The molecule has 0 bridgehead atoms. The zero-order valence-corrected chi connectivity index (χ0v) is 27.8. The molecule has 5 rings (SSSR count). The molecule has 1 heterocycles. The normalized spacial score (nSPS) is 13.4. The highest BCUT2D eigenvalue weighted by Gasteiger charge is 2.40. The van der Waals surface area contributed by atoms with E-state index >= 15 is 0 Å². The van der Waals surface area contributed by atoms with E-state index in [1.165, 1.54) is 23.9 Å². The number of amides is 4. The lowest BCUT2D eigenvalue weighted by Gasteiger charge is -2.36. The third-order valence-corrected chi connectivity index (χ3v) is 9.31. The molecule has 0 saturated carbocycles. The van der Waals surface area contributed by atoms with Crippen molar-refractivity contribution in [2.45, 2.75) is 37.2 Å². The van der Waals surface area contributed by atoms with E-state index in [1.807, 2.05) is 91.0 Å². The Morgan fingerprint density at radius 2 is 1.15 bits per heavy atom. The summed E-state index contributed by atoms with van der Waals surface area (Å²) in [4.78, 5) is 66.5. The molecule has 10 heteroatoms. The zero-order chi connectivity index (χ0) is 34.3. The molecule has 4 aromatic carbocycles. The Labute approximate surface area is 284 Å². The van der Waals surface area contributed by atoms with Gasteiger partial charge in [-0.15, -0.1) is 11.8 Å². The van der Waals surface area contributed by atoms with Crippen LogP contribution in [0.5, 0.6) is 0 Å². The van der Waals surface area contributed by atoms with Gasteiger partial charge in [-0.2, -0.15) is 0 Å². The van der Waals surface area contributed by atoms with Crippen LogP contribution in [0, 0.1) is 0 Å². The Bertz CT molecular complexity index is 1660. The number of esters is 1. The number of thioether (sulfide) groups is 1. The van der Waals surface area contributed by atoms with Crippen molar-refractivity contribution in [2.24, 2.45) is 0 Å². The summed E-state index contributed by atoms with van der Waals surface area (Å²) in [6, 6.07) is 34.8. The number of rotatable bonds is 12. The van der Waals surface area contributed by atoms with E-state index in [9.17, 15) is 24.0 Å². The van der Waals surface area contributed by atoms with Gasteiger partial charge in [0.15, 0.2) is 0 Å². The number of hydrogen-bond acceptors (Lipinski definition) is 7. The molecule has 246 valence electrons. The number of nitrogens with one attached hydrogen (secondary N) is 2. The van der Waals surface area contributed by atoms with E-state index in [0.717, 1.165) is 21.6 Å². The van der Waals surface area contributed by atoms with Crippen molar-refractivity contribution >= 4 is 41.4 Å². The summed E-state index contributed by atoms with van der Waals surface area (Å²) in [6.07, 6.45) is 0. The average molecular weight is 664 g/mol. The van der Waals surface area contributed by atoms with Crippen LogP contribution in [0.4, 0.5) is 0 Å². The number of carbonyl (C=O) groups is 5. The molecule has 4 aromatic rings. The summed E-state index contributed by atoms with van der Waals surface area (Å²) in [5.41, 5.74) is 2.55. The van der Waals surface area contributed by atoms with Crippen molar-refractivity contribution in [3.8, 4) is 0 Å². The monoisotopic (exact) mass is 663 g/mol. The maximum Gasteiger partial charge on any atom is 0.325 e. The molecule has 0 radical (unpaired) electrons. The molecule has 1 aliphatic rings. The van der Waals surface area contributed by atoms with Crippen molar-refractivity contribution in [3.63, 3.8) is 0 Å². The van der Waals surface area contributed by atoms with Crippen LogP contribution in [0.1, 0.15) is 58.2 Å². The van der Waals surface area contributed by atoms with E-state index in [-0.39, 0.29) is 16.9 Å². The largest absolute Gasteiger partial charge is 0.459 e. The maximum atomic E-state index is 13.7. The van der Waals surface area contributed by atoms with E-state index < -0.39 is 59.1 Å². The minimum atomic E-state index is -1.16. The summed E-state index contributed by atoms with van der Waals surface area (Å²) >= 11 is 1.45. The first kappa shape index (κ1) is 34.1. The lowest BCUT2D eigenvalue weighted by atomic mass is 9.84. The van der Waals surface area contributed by atoms with Crippen LogP contribution < -0.4 is 10.6 Å². The predicted octanol–water partition coefficient (Wildman–Crippen LogP) is 4.95. The van der Waals surface area contributed by atoms with Gasteiger partial charge in [0.25, 0.3) is 11.8 Å². The molecule has 0 spiro atoms. The van der Waals surface area contributed by atoms with Crippen LogP contribution in [-0.2, 0) is 23.9 Å². The minimum Gasteiger partial charge on any atom is -0.459 e. The summed E-state index contributed by atoms with van der Waals surface area (Å²) in [7, 11) is 0. The highest BCUT2D eigenvalue weighted by molar-refractivity contribution is 8.00. The van der Waals surface area contributed by atoms with Crippen molar-refractivity contribution < 1.29 is 28.7 Å². The first-order chi connectivity index (χ1) is 23.0. The molecule has 1 atom stereocenters. The molecular formula is C38H37N3O6S. The van der Waals surface area contributed by atoms with Crippen molar-refractivity contribution in [1.29, 1.82) is 0 Å². The number of fused-ring (bicyclic) bond motifs is 1. The van der Waals surface area contributed by atoms with E-state index in [0.29, 0.717) is 0 Å². The lowest BCUT2D eigenvalue weighted by molar-refractivity contribution is -0.154. The van der Waals surface area contributed by atoms with Crippen LogP contribution in [0.2, 0.25) is 0 Å². The first-order valence-corrected chi connectivity index (χ1v) is 16.5. The number of hydrogen-bond donors (Lipinski definition) is 2. The molecule has 1 aliphatic heterocycles. The summed E-state index contributed by atoms with van der Waals surface area (Å²) in [5, 5.41) is 5.34. The standard InChI is InChI=1S/C38H37N3O6S/c1-37(2,3)47-33(43)23-39-34(44)31(40-32(42)24-41-35(45)29-21-13-14-22-30(29)36(41)46)25-48-38(26-15-7-4-8-16-26,27-17-9-5-10-18-27)28-19-11-6-12-20-28/h4-22,31H,23-25H2,1-3H3,(H,39,44)(H,40,42). The SMILES string of the molecule is CC(C)(C)OC(=O)CNC(=O)C(CSC(c1ccccc1)(c1ccccc1)c1ccccc1)NC(=O)CN1C(=O)c2ccccc2C1=O. The second-order valence-corrected chi connectivity index (χ2v) is 13.5. The van der Waals surface area contributed by atoms with Crippen LogP contribution in [0.25, 0.3) is 0 Å². The van der Waals surface area contributed by atoms with Crippen LogP contribution in [0.3, 0.4) is 0 Å². The van der Waals surface area contributed by atoms with Gasteiger partial charge in [-0.25, -0.2) is 0 Å². The molecule has 1 unspecified atom stereocenters. The van der Waals surface area contributed by atoms with Gasteiger partial charge < -0.3 is 15.4 Å². The zero-order valence-electron chi connectivity index (χ0n) is 27.0. The van der Waals surface area contributed by atoms with Crippen molar-refractivity contribution in [2.75, 3.05) is 18.8 Å². The smallest absolute Gasteiger partial charge is 0.325 e. The van der Waals surface area contributed by atoms with Gasteiger partial charge >= 0.3 is 5.97 Å². The second-order valence-electron chi connectivity index (χ2n) is 12.3. The quantitative estimate of drug-likeness (QED) is 0.125. The Balaban J connectivity index is 1.45. The van der Waals surface area contributed by atoms with Crippen molar-refractivity contribution in [1.82, 2.24) is 15.5 Å². The lowest BCUT2D eigenvalue weighted by Crippen LogP contribution is -2.52. The highest BCUT2D eigenvalue weighted by atomic mass is 32.2. The Morgan fingerprint density at radius 1 is 0.708 bits per heavy atom. The molecule has 2 N–H and O–H groups in total. The van der Waals surface area contributed by atoms with Gasteiger partial charge in [-0.1, -0.05) is 103 Å². The third-order valence-electron chi connectivity index (χ3n) is 7.67. The molecule has 0 aliphatic carbocycles. The van der Waals surface area contributed by atoms with Crippen LogP contribution in [0.15, 0.2) is 115 Å². The second kappa shape index (κ2) is 14.7. The van der Waals surface area contributed by atoms with E-state index in [1.54, 1.807) is 32.9 Å². The minimum absolute atomic E-state index is 0.0622. The molecule has 4 amide bonds. The average Bonchev–Trinajstić information content (AvgIpc) is 3.32.